The van der Waals surface area contributed by atoms with E-state index >= 15 is 0 Å². The fraction of sp³-hybridized carbons (Fsp3) is 0.417. The summed E-state index contributed by atoms with van der Waals surface area (Å²) in [4.78, 5) is 30.1. The summed E-state index contributed by atoms with van der Waals surface area (Å²) in [5.74, 6) is 1.27. The monoisotopic (exact) mass is 406 g/mol. The number of aromatic amines is 1. The number of nitrogens with one attached hydrogen (secondary N) is 2. The summed E-state index contributed by atoms with van der Waals surface area (Å²) in [7, 11) is 0. The molecule has 6 nitrogen and oxygen atoms in total. The van der Waals surface area contributed by atoms with Crippen LogP contribution in [0.1, 0.15) is 31.4 Å². The molecule has 2 N–H and O–H groups in total. The minimum absolute atomic E-state index is 0.00612. The lowest BCUT2D eigenvalue weighted by atomic mass is 9.91. The Bertz CT molecular complexity index is 1070. The smallest absolute Gasteiger partial charge is 0.326 e. The standard InChI is InChI=1S/C24H30N4O2/c1-17-11-18(2)14-27(13-17)15-20-8-4-3-7-19(20)12-25-23(29)16-28-22-10-6-5-9-21(22)26-24(28)30/h3-10,17-18H,11-16H2,1-2H3,(H,25,29)(H,26,30). The number of hydrogen-bond acceptors (Lipinski definition) is 3. The van der Waals surface area contributed by atoms with Gasteiger partial charge >= 0.3 is 5.69 Å². The number of carbonyl (C=O) groups is 1. The molecule has 0 spiro atoms. The summed E-state index contributed by atoms with van der Waals surface area (Å²) < 4.78 is 1.48. The molecular formula is C24H30N4O2. The van der Waals surface area contributed by atoms with Crippen LogP contribution < -0.4 is 11.0 Å². The molecule has 1 aliphatic heterocycles. The number of aromatic nitrogens is 2. The van der Waals surface area contributed by atoms with Gasteiger partial charge in [0.25, 0.3) is 0 Å². The zero-order valence-electron chi connectivity index (χ0n) is 17.7. The molecule has 2 aromatic carbocycles. The number of carbonyl (C=O) groups excluding carboxylic acids is 1. The zero-order chi connectivity index (χ0) is 21.1. The van der Waals surface area contributed by atoms with Gasteiger partial charge in [-0.15, -0.1) is 0 Å². The Labute approximate surface area is 176 Å². The van der Waals surface area contributed by atoms with Crippen LogP contribution in [0.4, 0.5) is 0 Å². The molecule has 1 aromatic heterocycles. The normalized spacial score (nSPS) is 19.8. The number of imidazole rings is 1. The third kappa shape index (κ3) is 4.65. The molecule has 1 amide bonds. The first-order valence-electron chi connectivity index (χ1n) is 10.7. The van der Waals surface area contributed by atoms with E-state index in [0.29, 0.717) is 6.54 Å². The number of nitrogens with zero attached hydrogens (tertiary/aromatic N) is 2. The van der Waals surface area contributed by atoms with Gasteiger partial charge in [0.05, 0.1) is 11.0 Å². The van der Waals surface area contributed by atoms with Crippen LogP contribution in [-0.2, 0) is 24.4 Å². The van der Waals surface area contributed by atoms with Gasteiger partial charge in [-0.3, -0.25) is 14.3 Å². The average molecular weight is 407 g/mol. The molecule has 0 aliphatic carbocycles. The van der Waals surface area contributed by atoms with Crippen LogP contribution in [0.2, 0.25) is 0 Å². The molecule has 0 radical (unpaired) electrons. The predicted octanol–water partition coefficient (Wildman–Crippen LogP) is 3.12. The van der Waals surface area contributed by atoms with Gasteiger partial charge in [0.15, 0.2) is 0 Å². The minimum Gasteiger partial charge on any atom is -0.350 e. The van der Waals surface area contributed by atoms with Crippen molar-refractivity contribution in [3.63, 3.8) is 0 Å². The number of benzene rings is 2. The van der Waals surface area contributed by atoms with Crippen molar-refractivity contribution < 1.29 is 4.79 Å². The van der Waals surface area contributed by atoms with Crippen molar-refractivity contribution in [3.05, 3.63) is 70.1 Å². The Morgan fingerprint density at radius 2 is 1.70 bits per heavy atom. The minimum atomic E-state index is -0.264. The lowest BCUT2D eigenvalue weighted by Gasteiger charge is -2.35. The molecule has 2 atom stereocenters. The molecule has 1 fully saturated rings. The topological polar surface area (TPSA) is 70.1 Å². The van der Waals surface area contributed by atoms with Crippen LogP contribution in [0.15, 0.2) is 53.3 Å². The Hall–Kier alpha value is -2.86. The Morgan fingerprint density at radius 1 is 1.03 bits per heavy atom. The van der Waals surface area contributed by atoms with Crippen LogP contribution in [-0.4, -0.2) is 33.4 Å². The van der Waals surface area contributed by atoms with Gasteiger partial charge < -0.3 is 10.3 Å². The lowest BCUT2D eigenvalue weighted by molar-refractivity contribution is -0.121. The van der Waals surface area contributed by atoms with Crippen molar-refractivity contribution in [2.45, 2.75) is 39.9 Å². The van der Waals surface area contributed by atoms with E-state index in [2.05, 4.69) is 47.2 Å². The van der Waals surface area contributed by atoms with E-state index < -0.39 is 0 Å². The largest absolute Gasteiger partial charge is 0.350 e. The van der Waals surface area contributed by atoms with E-state index in [0.717, 1.165) is 48.1 Å². The Balaban J connectivity index is 1.41. The maximum Gasteiger partial charge on any atom is 0.326 e. The fourth-order valence-electron chi connectivity index (χ4n) is 4.70. The molecule has 2 unspecified atom stereocenters. The first-order valence-corrected chi connectivity index (χ1v) is 10.7. The van der Waals surface area contributed by atoms with Crippen LogP contribution >= 0.6 is 0 Å². The summed E-state index contributed by atoms with van der Waals surface area (Å²) in [6, 6.07) is 15.7. The molecule has 0 bridgehead atoms. The zero-order valence-corrected chi connectivity index (χ0v) is 17.7. The molecule has 0 saturated carbocycles. The van der Waals surface area contributed by atoms with Gasteiger partial charge in [0.1, 0.15) is 6.54 Å². The molecule has 4 rings (SSSR count). The highest BCUT2D eigenvalue weighted by Crippen LogP contribution is 2.23. The molecule has 2 heterocycles. The fourth-order valence-corrected chi connectivity index (χ4v) is 4.70. The highest BCUT2D eigenvalue weighted by Gasteiger charge is 2.22. The second kappa shape index (κ2) is 8.88. The quantitative estimate of drug-likeness (QED) is 0.661. The van der Waals surface area contributed by atoms with Crippen molar-refractivity contribution in [1.82, 2.24) is 19.8 Å². The van der Waals surface area contributed by atoms with Gasteiger partial charge in [0, 0.05) is 26.2 Å². The SMILES string of the molecule is CC1CC(C)CN(Cc2ccccc2CNC(=O)Cn2c(=O)[nH]c3ccccc32)C1. The summed E-state index contributed by atoms with van der Waals surface area (Å²) >= 11 is 0. The van der Waals surface area contributed by atoms with Crippen molar-refractivity contribution >= 4 is 16.9 Å². The van der Waals surface area contributed by atoms with Crippen LogP contribution in [0.3, 0.4) is 0 Å². The van der Waals surface area contributed by atoms with Crippen molar-refractivity contribution in [2.75, 3.05) is 13.1 Å². The third-order valence-corrected chi connectivity index (χ3v) is 5.92. The van der Waals surface area contributed by atoms with Gasteiger partial charge in [-0.1, -0.05) is 50.2 Å². The van der Waals surface area contributed by atoms with Gasteiger partial charge in [-0.2, -0.15) is 0 Å². The van der Waals surface area contributed by atoms with Crippen molar-refractivity contribution in [2.24, 2.45) is 11.8 Å². The van der Waals surface area contributed by atoms with E-state index in [1.807, 2.05) is 30.3 Å². The highest BCUT2D eigenvalue weighted by molar-refractivity contribution is 5.80. The summed E-state index contributed by atoms with van der Waals surface area (Å²) in [5, 5.41) is 2.99. The molecule has 1 saturated heterocycles. The second-order valence-electron chi connectivity index (χ2n) is 8.72. The van der Waals surface area contributed by atoms with E-state index in [-0.39, 0.29) is 18.1 Å². The number of piperidine rings is 1. The van der Waals surface area contributed by atoms with Crippen LogP contribution in [0.25, 0.3) is 11.0 Å². The number of amides is 1. The number of H-pyrrole nitrogens is 1. The maximum atomic E-state index is 12.6. The predicted molar refractivity (Wildman–Crippen MR) is 119 cm³/mol. The van der Waals surface area contributed by atoms with E-state index in [1.54, 1.807) is 0 Å². The van der Waals surface area contributed by atoms with E-state index in [4.69, 9.17) is 0 Å². The third-order valence-electron chi connectivity index (χ3n) is 5.92. The Morgan fingerprint density at radius 3 is 2.47 bits per heavy atom. The number of rotatable bonds is 6. The molecular weight excluding hydrogens is 376 g/mol. The lowest BCUT2D eigenvalue weighted by Crippen LogP contribution is -2.38. The molecule has 158 valence electrons. The van der Waals surface area contributed by atoms with Crippen molar-refractivity contribution in [1.29, 1.82) is 0 Å². The number of fused-ring (bicyclic) bond motifs is 1. The van der Waals surface area contributed by atoms with E-state index in [1.165, 1.54) is 16.6 Å². The first-order chi connectivity index (χ1) is 14.5. The van der Waals surface area contributed by atoms with Gasteiger partial charge in [-0.05, 0) is 41.5 Å². The maximum absolute atomic E-state index is 12.6. The number of likely N-dealkylation sites (tertiary alicyclic amines) is 1. The number of para-hydroxylation sites is 2. The van der Waals surface area contributed by atoms with Gasteiger partial charge in [0.2, 0.25) is 5.91 Å². The van der Waals surface area contributed by atoms with Crippen molar-refractivity contribution in [3.8, 4) is 0 Å². The van der Waals surface area contributed by atoms with Crippen LogP contribution in [0.5, 0.6) is 0 Å². The molecule has 6 heteroatoms. The summed E-state index contributed by atoms with van der Waals surface area (Å²) in [6.07, 6.45) is 1.29. The van der Waals surface area contributed by atoms with E-state index in [9.17, 15) is 9.59 Å². The summed E-state index contributed by atoms with van der Waals surface area (Å²) in [6.45, 7) is 8.26. The first kappa shape index (κ1) is 20.4. The number of hydrogen-bond donors (Lipinski definition) is 2. The van der Waals surface area contributed by atoms with Crippen LogP contribution in [0, 0.1) is 11.8 Å². The Kier molecular flexibility index (Phi) is 6.04. The van der Waals surface area contributed by atoms with Gasteiger partial charge in [-0.25, -0.2) is 4.79 Å². The molecule has 1 aliphatic rings. The highest BCUT2D eigenvalue weighted by atomic mass is 16.2. The average Bonchev–Trinajstić information content (AvgIpc) is 3.02. The second-order valence-corrected chi connectivity index (χ2v) is 8.72. The summed E-state index contributed by atoms with van der Waals surface area (Å²) in [5.41, 5.74) is 3.60. The molecule has 3 aromatic rings. The molecule has 30 heavy (non-hydrogen) atoms.